The number of anilines is 1. The van der Waals surface area contributed by atoms with Gasteiger partial charge in [0.25, 0.3) is 0 Å². The number of aliphatic hydroxyl groups is 3. The predicted octanol–water partition coefficient (Wildman–Crippen LogP) is 2.32. The first kappa shape index (κ1) is 26.8. The lowest BCUT2D eigenvalue weighted by molar-refractivity contribution is -0.0553. The second-order valence-corrected chi connectivity index (χ2v) is 7.85. The topological polar surface area (TPSA) is 126 Å². The third kappa shape index (κ3) is 8.15. The van der Waals surface area contributed by atoms with E-state index in [1.165, 1.54) is 51.4 Å². The van der Waals surface area contributed by atoms with E-state index in [0.29, 0.717) is 18.0 Å². The fourth-order valence-electron chi connectivity index (χ4n) is 3.64. The fraction of sp³-hybridized carbons (Fsp3) is 0.810. The summed E-state index contributed by atoms with van der Waals surface area (Å²) in [5, 5.41) is 29.5. The summed E-state index contributed by atoms with van der Waals surface area (Å²) in [5.41, 5.74) is 6.15. The Morgan fingerprint density at radius 1 is 1.03 bits per heavy atom. The van der Waals surface area contributed by atoms with Crippen molar-refractivity contribution in [1.29, 1.82) is 0 Å². The molecule has 1 aromatic rings. The maximum Gasteiger partial charge on any atom is 0.228 e. The number of hydrogen-bond donors (Lipinski definition) is 4. The predicted molar refractivity (Wildman–Crippen MR) is 119 cm³/mol. The molecule has 0 spiro atoms. The number of hydrogen-bond acceptors (Lipinski definition) is 7. The van der Waals surface area contributed by atoms with Crippen LogP contribution in [0, 0.1) is 0 Å². The molecule has 1 fully saturated rings. The SMILES string of the molecule is CCCCCCCCCCCCN=c1nc(N)ccn1C1OC(CO)C(O)C1O.Cl. The van der Waals surface area contributed by atoms with E-state index in [4.69, 9.17) is 10.5 Å². The third-order valence-electron chi connectivity index (χ3n) is 5.42. The summed E-state index contributed by atoms with van der Waals surface area (Å²) in [4.78, 5) is 8.78. The van der Waals surface area contributed by atoms with Gasteiger partial charge >= 0.3 is 0 Å². The molecule has 30 heavy (non-hydrogen) atoms. The minimum atomic E-state index is -1.17. The van der Waals surface area contributed by atoms with Gasteiger partial charge in [0.2, 0.25) is 5.62 Å². The number of aromatic nitrogens is 2. The van der Waals surface area contributed by atoms with E-state index in [9.17, 15) is 15.3 Å². The van der Waals surface area contributed by atoms with Crippen molar-refractivity contribution in [1.82, 2.24) is 9.55 Å². The average molecular weight is 447 g/mol. The molecule has 5 N–H and O–H groups in total. The first-order chi connectivity index (χ1) is 14.1. The van der Waals surface area contributed by atoms with Crippen LogP contribution in [0.5, 0.6) is 0 Å². The zero-order valence-electron chi connectivity index (χ0n) is 18.0. The normalized spacial score (nSPS) is 24.2. The highest BCUT2D eigenvalue weighted by atomic mass is 35.5. The van der Waals surface area contributed by atoms with Crippen molar-refractivity contribution >= 4 is 18.2 Å². The minimum absolute atomic E-state index is 0. The van der Waals surface area contributed by atoms with Crippen molar-refractivity contribution in [2.75, 3.05) is 18.9 Å². The van der Waals surface area contributed by atoms with E-state index in [-0.39, 0.29) is 19.0 Å². The van der Waals surface area contributed by atoms with Crippen LogP contribution in [-0.4, -0.2) is 56.3 Å². The second kappa shape index (κ2) is 14.8. The highest BCUT2D eigenvalue weighted by Gasteiger charge is 2.43. The summed E-state index contributed by atoms with van der Waals surface area (Å²) >= 11 is 0. The molecule has 1 aliphatic rings. The van der Waals surface area contributed by atoms with E-state index in [2.05, 4.69) is 16.9 Å². The summed E-state index contributed by atoms with van der Waals surface area (Å²) in [7, 11) is 0. The van der Waals surface area contributed by atoms with E-state index in [1.54, 1.807) is 16.8 Å². The summed E-state index contributed by atoms with van der Waals surface area (Å²) in [6.45, 7) is 2.48. The molecule has 4 atom stereocenters. The lowest BCUT2D eigenvalue weighted by Gasteiger charge is -2.18. The van der Waals surface area contributed by atoms with Gasteiger partial charge in [-0.05, 0) is 12.5 Å². The largest absolute Gasteiger partial charge is 0.394 e. The number of halogens is 1. The van der Waals surface area contributed by atoms with Gasteiger partial charge in [-0.15, -0.1) is 12.4 Å². The van der Waals surface area contributed by atoms with Gasteiger partial charge in [0.15, 0.2) is 6.23 Å². The molecule has 0 saturated carbocycles. The Labute approximate surface area is 185 Å². The lowest BCUT2D eigenvalue weighted by Crippen LogP contribution is -2.36. The van der Waals surface area contributed by atoms with Crippen LogP contribution in [0.2, 0.25) is 0 Å². The molecule has 174 valence electrons. The number of nitrogen functional groups attached to an aromatic ring is 1. The van der Waals surface area contributed by atoms with Gasteiger partial charge in [-0.25, -0.2) is 0 Å². The maximum atomic E-state index is 10.3. The van der Waals surface area contributed by atoms with Crippen molar-refractivity contribution in [3.63, 3.8) is 0 Å². The Morgan fingerprint density at radius 3 is 2.20 bits per heavy atom. The summed E-state index contributed by atoms with van der Waals surface area (Å²) in [5.74, 6) is 0.329. The van der Waals surface area contributed by atoms with Gasteiger partial charge < -0.3 is 25.8 Å². The highest BCUT2D eigenvalue weighted by Crippen LogP contribution is 2.28. The molecule has 4 unspecified atom stereocenters. The zero-order valence-corrected chi connectivity index (χ0v) is 18.8. The Morgan fingerprint density at radius 2 is 1.63 bits per heavy atom. The monoisotopic (exact) mass is 446 g/mol. The van der Waals surface area contributed by atoms with Crippen molar-refractivity contribution in [2.45, 2.75) is 95.7 Å². The molecule has 1 saturated heterocycles. The maximum absolute atomic E-state index is 10.3. The minimum Gasteiger partial charge on any atom is -0.394 e. The van der Waals surface area contributed by atoms with Crippen molar-refractivity contribution in [3.8, 4) is 0 Å². The first-order valence-electron chi connectivity index (χ1n) is 11.1. The lowest BCUT2D eigenvalue weighted by atomic mass is 10.1. The van der Waals surface area contributed by atoms with Gasteiger partial charge in [0.05, 0.1) is 6.61 Å². The first-order valence-corrected chi connectivity index (χ1v) is 11.1. The van der Waals surface area contributed by atoms with Crippen LogP contribution in [0.4, 0.5) is 5.82 Å². The Hall–Kier alpha value is -1.19. The molecule has 1 aliphatic heterocycles. The Balaban J connectivity index is 0.00000450. The number of nitrogens with zero attached hydrogens (tertiary/aromatic N) is 3. The summed E-state index contributed by atoms with van der Waals surface area (Å²) < 4.78 is 7.15. The van der Waals surface area contributed by atoms with Crippen molar-refractivity contribution < 1.29 is 20.1 Å². The van der Waals surface area contributed by atoms with E-state index >= 15 is 0 Å². The Kier molecular flexibility index (Phi) is 13.2. The molecule has 0 aromatic carbocycles. The van der Waals surface area contributed by atoms with Gasteiger partial charge in [-0.3, -0.25) is 9.56 Å². The summed E-state index contributed by atoms with van der Waals surface area (Å²) in [6, 6.07) is 1.59. The molecule has 0 bridgehead atoms. The second-order valence-electron chi connectivity index (χ2n) is 7.85. The molecule has 0 radical (unpaired) electrons. The average Bonchev–Trinajstić information content (AvgIpc) is 3.00. The third-order valence-corrected chi connectivity index (χ3v) is 5.42. The van der Waals surface area contributed by atoms with Crippen LogP contribution in [0.1, 0.15) is 77.4 Å². The quantitative estimate of drug-likeness (QED) is 0.344. The number of unbranched alkanes of at least 4 members (excludes halogenated alkanes) is 9. The van der Waals surface area contributed by atoms with Gasteiger partial charge in [-0.2, -0.15) is 4.98 Å². The van der Waals surface area contributed by atoms with Crippen LogP contribution < -0.4 is 11.4 Å². The van der Waals surface area contributed by atoms with Gasteiger partial charge in [-0.1, -0.05) is 64.7 Å². The standard InChI is InChI=1S/C21H38N4O4.ClH/c1-2-3-4-5-6-7-8-9-10-11-13-23-21-24-17(22)12-14-25(21)20-19(28)18(27)16(15-26)29-20;/h12,14,16,18-20,26-28H,2-11,13,15H2,1H3,(H2,22,23,24);1H. The molecular formula is C21H39ClN4O4. The molecule has 8 nitrogen and oxygen atoms in total. The van der Waals surface area contributed by atoms with Crippen LogP contribution in [-0.2, 0) is 4.74 Å². The Bertz CT molecular complexity index is 658. The molecular weight excluding hydrogens is 408 g/mol. The smallest absolute Gasteiger partial charge is 0.228 e. The highest BCUT2D eigenvalue weighted by molar-refractivity contribution is 5.85. The van der Waals surface area contributed by atoms with Crippen molar-refractivity contribution in [2.24, 2.45) is 4.99 Å². The van der Waals surface area contributed by atoms with Crippen LogP contribution in [0.15, 0.2) is 17.3 Å². The number of ether oxygens (including phenoxy) is 1. The molecule has 2 heterocycles. The number of rotatable bonds is 13. The molecule has 0 aliphatic carbocycles. The van der Waals surface area contributed by atoms with Crippen LogP contribution in [0.25, 0.3) is 0 Å². The zero-order chi connectivity index (χ0) is 21.1. The molecule has 0 amide bonds. The number of nitrogens with two attached hydrogens (primary N) is 1. The molecule has 9 heteroatoms. The van der Waals surface area contributed by atoms with E-state index < -0.39 is 24.5 Å². The van der Waals surface area contributed by atoms with Gasteiger partial charge in [0.1, 0.15) is 24.1 Å². The molecule has 1 aromatic heterocycles. The van der Waals surface area contributed by atoms with E-state index in [0.717, 1.165) is 12.8 Å². The van der Waals surface area contributed by atoms with E-state index in [1.807, 2.05) is 0 Å². The summed E-state index contributed by atoms with van der Waals surface area (Å²) in [6.07, 6.45) is 10.2. The van der Waals surface area contributed by atoms with Crippen molar-refractivity contribution in [3.05, 3.63) is 17.9 Å². The molecule has 2 rings (SSSR count). The van der Waals surface area contributed by atoms with Crippen LogP contribution >= 0.6 is 12.4 Å². The number of aliphatic hydroxyl groups excluding tert-OH is 3. The van der Waals surface area contributed by atoms with Gasteiger partial charge in [0, 0.05) is 12.7 Å². The fourth-order valence-corrected chi connectivity index (χ4v) is 3.64. The van der Waals surface area contributed by atoms with Crippen LogP contribution in [0.3, 0.4) is 0 Å².